The minimum atomic E-state index is 0. The predicted octanol–water partition coefficient (Wildman–Crippen LogP) is 1.26. The van der Waals surface area contributed by atoms with Crippen LogP contribution in [0, 0.1) is 0 Å². The highest BCUT2D eigenvalue weighted by Crippen LogP contribution is 2.20. The number of hydrogen-bond donors (Lipinski definition) is 2. The van der Waals surface area contributed by atoms with E-state index in [0.717, 1.165) is 45.0 Å². The first kappa shape index (κ1) is 20.8. The molecule has 1 aromatic rings. The zero-order valence-electron chi connectivity index (χ0n) is 13.5. The lowest BCUT2D eigenvalue weighted by Crippen LogP contribution is -2.50. The van der Waals surface area contributed by atoms with Gasteiger partial charge < -0.3 is 25.0 Å². The van der Waals surface area contributed by atoms with E-state index >= 15 is 0 Å². The second kappa shape index (κ2) is 9.93. The molecule has 0 saturated carbocycles. The van der Waals surface area contributed by atoms with Crippen molar-refractivity contribution in [3.63, 3.8) is 0 Å². The van der Waals surface area contributed by atoms with Gasteiger partial charge in [-0.15, -0.1) is 24.8 Å². The van der Waals surface area contributed by atoms with Gasteiger partial charge in [-0.3, -0.25) is 4.79 Å². The van der Waals surface area contributed by atoms with Crippen LogP contribution in [0.5, 0.6) is 5.75 Å². The van der Waals surface area contributed by atoms with Crippen LogP contribution in [0.15, 0.2) is 24.3 Å². The first-order valence-electron chi connectivity index (χ1n) is 7.86. The van der Waals surface area contributed by atoms with E-state index in [0.29, 0.717) is 13.0 Å². The molecule has 1 atom stereocenters. The van der Waals surface area contributed by atoms with Crippen molar-refractivity contribution >= 4 is 36.4 Å². The second-order valence-electron chi connectivity index (χ2n) is 5.79. The van der Waals surface area contributed by atoms with Crippen molar-refractivity contribution in [1.82, 2.24) is 10.2 Å². The summed E-state index contributed by atoms with van der Waals surface area (Å²) >= 11 is 0. The van der Waals surface area contributed by atoms with Gasteiger partial charge in [-0.05, 0) is 24.3 Å². The maximum absolute atomic E-state index is 12.3. The first-order chi connectivity index (χ1) is 10.7. The molecule has 2 fully saturated rings. The third-order valence-corrected chi connectivity index (χ3v) is 4.25. The average molecular weight is 378 g/mol. The van der Waals surface area contributed by atoms with Crippen LogP contribution in [0.4, 0.5) is 5.69 Å². The molecule has 2 aliphatic rings. The molecule has 1 aromatic carbocycles. The number of carbonyl (C=O) groups excluding carboxylic acids is 1. The van der Waals surface area contributed by atoms with E-state index < -0.39 is 0 Å². The van der Waals surface area contributed by atoms with E-state index in [1.54, 1.807) is 12.1 Å². The Hall–Kier alpha value is -1.21. The van der Waals surface area contributed by atoms with E-state index in [2.05, 4.69) is 10.2 Å². The minimum absolute atomic E-state index is 0. The smallest absolute Gasteiger partial charge is 0.225 e. The van der Waals surface area contributed by atoms with Gasteiger partial charge in [0, 0.05) is 45.0 Å². The van der Waals surface area contributed by atoms with Crippen molar-refractivity contribution in [2.75, 3.05) is 50.8 Å². The second-order valence-corrected chi connectivity index (χ2v) is 5.79. The Morgan fingerprint density at radius 3 is 2.42 bits per heavy atom. The topological polar surface area (TPSA) is 65.0 Å². The monoisotopic (exact) mass is 377 g/mol. The number of hydrogen-bond acceptors (Lipinski definition) is 5. The van der Waals surface area contributed by atoms with Crippen molar-refractivity contribution in [3.05, 3.63) is 24.3 Å². The molecule has 2 saturated heterocycles. The molecule has 3 rings (SSSR count). The molecule has 1 unspecified atom stereocenters. The Labute approximate surface area is 155 Å². The maximum Gasteiger partial charge on any atom is 0.225 e. The molecular formula is C16H25Cl2N3O3. The number of halogens is 2. The van der Waals surface area contributed by atoms with Crippen molar-refractivity contribution < 1.29 is 14.6 Å². The summed E-state index contributed by atoms with van der Waals surface area (Å²) in [5.74, 6) is 0.456. The molecule has 2 N–H and O–H groups in total. The van der Waals surface area contributed by atoms with Crippen LogP contribution >= 0.6 is 24.8 Å². The zero-order valence-corrected chi connectivity index (χ0v) is 15.2. The summed E-state index contributed by atoms with van der Waals surface area (Å²) in [6.45, 7) is 5.43. The quantitative estimate of drug-likeness (QED) is 0.829. The molecule has 0 bridgehead atoms. The number of nitrogens with zero attached hydrogens (tertiary/aromatic N) is 2. The molecule has 0 aromatic heterocycles. The predicted molar refractivity (Wildman–Crippen MR) is 98.6 cm³/mol. The van der Waals surface area contributed by atoms with Crippen LogP contribution in [0.25, 0.3) is 0 Å². The summed E-state index contributed by atoms with van der Waals surface area (Å²) in [5, 5.41) is 12.6. The van der Waals surface area contributed by atoms with Gasteiger partial charge >= 0.3 is 0 Å². The molecule has 0 radical (unpaired) electrons. The summed E-state index contributed by atoms with van der Waals surface area (Å²) in [4.78, 5) is 16.5. The highest BCUT2D eigenvalue weighted by Gasteiger charge is 2.24. The van der Waals surface area contributed by atoms with Crippen LogP contribution in [-0.2, 0) is 9.53 Å². The highest BCUT2D eigenvalue weighted by molar-refractivity contribution is 5.85. The van der Waals surface area contributed by atoms with Gasteiger partial charge in [0.15, 0.2) is 0 Å². The normalized spacial score (nSPS) is 20.8. The van der Waals surface area contributed by atoms with E-state index in [1.807, 2.05) is 17.0 Å². The lowest BCUT2D eigenvalue weighted by molar-refractivity contribution is -0.135. The number of anilines is 1. The number of benzene rings is 1. The SMILES string of the molecule is Cl.Cl.O=C(CC1CNCCO1)N1CCN(c2ccc(O)cc2)CC1. The van der Waals surface area contributed by atoms with Gasteiger partial charge in [-0.1, -0.05) is 0 Å². The number of carbonyl (C=O) groups is 1. The Morgan fingerprint density at radius 1 is 1.17 bits per heavy atom. The van der Waals surface area contributed by atoms with Gasteiger partial charge in [0.05, 0.1) is 19.1 Å². The van der Waals surface area contributed by atoms with Gasteiger partial charge in [-0.2, -0.15) is 0 Å². The van der Waals surface area contributed by atoms with Crippen LogP contribution < -0.4 is 10.2 Å². The molecule has 2 aliphatic heterocycles. The number of aromatic hydroxyl groups is 1. The fraction of sp³-hybridized carbons (Fsp3) is 0.562. The van der Waals surface area contributed by atoms with Crippen LogP contribution in [0.3, 0.4) is 0 Å². The molecule has 136 valence electrons. The summed E-state index contributed by atoms with van der Waals surface area (Å²) in [6, 6.07) is 7.21. The third-order valence-electron chi connectivity index (χ3n) is 4.25. The number of phenolic OH excluding ortho intramolecular Hbond substituents is 1. The van der Waals surface area contributed by atoms with Gasteiger partial charge in [0.2, 0.25) is 5.91 Å². The van der Waals surface area contributed by atoms with E-state index in [9.17, 15) is 9.90 Å². The number of rotatable bonds is 3. The fourth-order valence-electron chi connectivity index (χ4n) is 2.95. The van der Waals surface area contributed by atoms with Crippen LogP contribution in [-0.4, -0.2) is 67.9 Å². The zero-order chi connectivity index (χ0) is 15.4. The molecule has 24 heavy (non-hydrogen) atoms. The summed E-state index contributed by atoms with van der Waals surface area (Å²) in [6.07, 6.45) is 0.475. The van der Waals surface area contributed by atoms with Crippen LogP contribution in [0.1, 0.15) is 6.42 Å². The fourth-order valence-corrected chi connectivity index (χ4v) is 2.95. The first-order valence-corrected chi connectivity index (χ1v) is 7.86. The van der Waals surface area contributed by atoms with Crippen LogP contribution in [0.2, 0.25) is 0 Å². The summed E-state index contributed by atoms with van der Waals surface area (Å²) in [7, 11) is 0. The Bertz CT molecular complexity index is 502. The van der Waals surface area contributed by atoms with Crippen molar-refractivity contribution in [2.24, 2.45) is 0 Å². The standard InChI is InChI=1S/C16H23N3O3.2ClH/c20-14-3-1-13(2-4-14)18-6-8-19(9-7-18)16(21)11-15-12-17-5-10-22-15;;/h1-4,15,17,20H,5-12H2;2*1H. The number of nitrogens with one attached hydrogen (secondary N) is 1. The molecule has 1 amide bonds. The summed E-state index contributed by atoms with van der Waals surface area (Å²) < 4.78 is 5.60. The summed E-state index contributed by atoms with van der Waals surface area (Å²) in [5.41, 5.74) is 1.09. The van der Waals surface area contributed by atoms with E-state index in [4.69, 9.17) is 4.74 Å². The van der Waals surface area contributed by atoms with Crippen molar-refractivity contribution in [2.45, 2.75) is 12.5 Å². The molecule has 0 spiro atoms. The number of morpholine rings is 1. The number of piperazine rings is 1. The lowest BCUT2D eigenvalue weighted by atomic mass is 10.2. The molecule has 2 heterocycles. The van der Waals surface area contributed by atoms with Crippen molar-refractivity contribution in [1.29, 1.82) is 0 Å². The number of amides is 1. The Morgan fingerprint density at radius 2 is 1.83 bits per heavy atom. The average Bonchev–Trinajstić information content (AvgIpc) is 2.57. The van der Waals surface area contributed by atoms with E-state index in [1.165, 1.54) is 0 Å². The lowest BCUT2D eigenvalue weighted by Gasteiger charge is -2.37. The number of phenols is 1. The van der Waals surface area contributed by atoms with Gasteiger partial charge in [0.1, 0.15) is 5.75 Å². The maximum atomic E-state index is 12.3. The highest BCUT2D eigenvalue weighted by atomic mass is 35.5. The third kappa shape index (κ3) is 5.41. The number of ether oxygens (including phenoxy) is 1. The molecule has 0 aliphatic carbocycles. The molecule has 6 nitrogen and oxygen atoms in total. The van der Waals surface area contributed by atoms with Gasteiger partial charge in [0.25, 0.3) is 0 Å². The molecular weight excluding hydrogens is 353 g/mol. The molecule has 8 heteroatoms. The van der Waals surface area contributed by atoms with E-state index in [-0.39, 0.29) is 42.6 Å². The Balaban J connectivity index is 0.00000144. The van der Waals surface area contributed by atoms with Gasteiger partial charge in [-0.25, -0.2) is 0 Å². The minimum Gasteiger partial charge on any atom is -0.508 e. The largest absolute Gasteiger partial charge is 0.508 e. The Kier molecular flexibility index (Phi) is 8.62. The van der Waals surface area contributed by atoms with Crippen molar-refractivity contribution in [3.8, 4) is 5.75 Å².